The van der Waals surface area contributed by atoms with Gasteiger partial charge in [-0.3, -0.25) is 4.79 Å². The van der Waals surface area contributed by atoms with Gasteiger partial charge in [0.05, 0.1) is 0 Å². The molecule has 0 saturated heterocycles. The van der Waals surface area contributed by atoms with Gasteiger partial charge < -0.3 is 14.5 Å². The predicted octanol–water partition coefficient (Wildman–Crippen LogP) is 3.52. The van der Waals surface area contributed by atoms with E-state index in [1.54, 1.807) is 6.07 Å². The average Bonchev–Trinajstić information content (AvgIpc) is 2.85. The molecule has 1 atom stereocenters. The number of thiol groups is 1. The minimum absolute atomic E-state index is 0.0145. The molecular formula is C16H21NO3S. The molecule has 1 aromatic carbocycles. The van der Waals surface area contributed by atoms with E-state index in [2.05, 4.69) is 17.9 Å². The fourth-order valence-corrected chi connectivity index (χ4v) is 2.08. The Balaban J connectivity index is 2.05. The lowest BCUT2D eigenvalue weighted by molar-refractivity contribution is 0.0913. The summed E-state index contributed by atoms with van der Waals surface area (Å²) >= 11 is 4.23. The van der Waals surface area contributed by atoms with Gasteiger partial charge in [0.1, 0.15) is 17.9 Å². The summed E-state index contributed by atoms with van der Waals surface area (Å²) in [6.45, 7) is 6.98. The molecule has 0 radical (unpaired) electrons. The van der Waals surface area contributed by atoms with Gasteiger partial charge in [-0.15, -0.1) is 0 Å². The van der Waals surface area contributed by atoms with Gasteiger partial charge in [-0.25, -0.2) is 0 Å². The van der Waals surface area contributed by atoms with Crippen molar-refractivity contribution >= 4 is 29.4 Å². The monoisotopic (exact) mass is 307 g/mol. The molecule has 0 aliphatic heterocycles. The number of hydrogen-bond acceptors (Lipinski definition) is 5. The summed E-state index contributed by atoms with van der Waals surface area (Å²) < 4.78 is 11.2. The SMILES string of the molecule is CC(S)NCCOc1ccc2oc(C(=O)C(C)C)cc2c1. The maximum absolute atomic E-state index is 11.9. The zero-order valence-electron chi connectivity index (χ0n) is 12.6. The molecule has 21 heavy (non-hydrogen) atoms. The molecule has 1 unspecified atom stereocenters. The molecule has 0 amide bonds. The van der Waals surface area contributed by atoms with Crippen molar-refractivity contribution in [1.82, 2.24) is 5.32 Å². The van der Waals surface area contributed by atoms with Crippen LogP contribution in [-0.2, 0) is 0 Å². The number of nitrogens with one attached hydrogen (secondary N) is 1. The third kappa shape index (κ3) is 4.25. The standard InChI is InChI=1S/C16H21NO3S/c1-10(2)16(18)15-9-12-8-13(4-5-14(12)20-15)19-7-6-17-11(3)21/h4-5,8-11,17,21H,6-7H2,1-3H3. The summed E-state index contributed by atoms with van der Waals surface area (Å²) in [7, 11) is 0. The molecule has 0 fully saturated rings. The summed E-state index contributed by atoms with van der Waals surface area (Å²) in [6.07, 6.45) is 0. The molecular weight excluding hydrogens is 286 g/mol. The van der Waals surface area contributed by atoms with Crippen LogP contribution in [-0.4, -0.2) is 24.3 Å². The maximum Gasteiger partial charge on any atom is 0.200 e. The molecule has 0 saturated carbocycles. The normalized spacial score (nSPS) is 12.8. The summed E-state index contributed by atoms with van der Waals surface area (Å²) in [5, 5.41) is 4.19. The van der Waals surface area contributed by atoms with Crippen molar-refractivity contribution in [3.05, 3.63) is 30.0 Å². The summed E-state index contributed by atoms with van der Waals surface area (Å²) in [4.78, 5) is 11.9. The second-order valence-corrected chi connectivity index (χ2v) is 6.08. The fraction of sp³-hybridized carbons (Fsp3) is 0.438. The lowest BCUT2D eigenvalue weighted by atomic mass is 10.1. The molecule has 0 spiro atoms. The second kappa shape index (κ2) is 7.00. The number of benzene rings is 1. The van der Waals surface area contributed by atoms with Crippen molar-refractivity contribution in [2.75, 3.05) is 13.2 Å². The smallest absolute Gasteiger partial charge is 0.200 e. The van der Waals surface area contributed by atoms with Gasteiger partial charge in [0, 0.05) is 23.2 Å². The Bertz CT molecular complexity index is 619. The van der Waals surface area contributed by atoms with Crippen molar-refractivity contribution in [2.24, 2.45) is 5.92 Å². The quantitative estimate of drug-likeness (QED) is 0.356. The van der Waals surface area contributed by atoms with E-state index < -0.39 is 0 Å². The van der Waals surface area contributed by atoms with Gasteiger partial charge >= 0.3 is 0 Å². The van der Waals surface area contributed by atoms with Crippen LogP contribution >= 0.6 is 12.6 Å². The van der Waals surface area contributed by atoms with E-state index in [4.69, 9.17) is 9.15 Å². The number of rotatable bonds is 7. The van der Waals surface area contributed by atoms with E-state index in [-0.39, 0.29) is 17.1 Å². The average molecular weight is 307 g/mol. The Morgan fingerprint density at radius 2 is 2.10 bits per heavy atom. The Morgan fingerprint density at radius 1 is 1.33 bits per heavy atom. The van der Waals surface area contributed by atoms with Crippen LogP contribution in [0.2, 0.25) is 0 Å². The number of ether oxygens (including phenoxy) is 1. The van der Waals surface area contributed by atoms with Crippen LogP contribution in [0, 0.1) is 5.92 Å². The maximum atomic E-state index is 11.9. The fourth-order valence-electron chi connectivity index (χ4n) is 1.95. The highest BCUT2D eigenvalue weighted by Crippen LogP contribution is 2.25. The number of hydrogen-bond donors (Lipinski definition) is 2. The highest BCUT2D eigenvalue weighted by molar-refractivity contribution is 7.80. The lowest BCUT2D eigenvalue weighted by Crippen LogP contribution is -2.26. The van der Waals surface area contributed by atoms with Crippen molar-refractivity contribution in [3.63, 3.8) is 0 Å². The molecule has 0 bridgehead atoms. The van der Waals surface area contributed by atoms with E-state index in [9.17, 15) is 4.79 Å². The molecule has 1 N–H and O–H groups in total. The van der Waals surface area contributed by atoms with Crippen LogP contribution in [0.3, 0.4) is 0 Å². The third-order valence-electron chi connectivity index (χ3n) is 3.07. The molecule has 2 aromatic rings. The summed E-state index contributed by atoms with van der Waals surface area (Å²) in [6, 6.07) is 7.34. The number of fused-ring (bicyclic) bond motifs is 1. The first-order valence-electron chi connectivity index (χ1n) is 7.09. The molecule has 4 nitrogen and oxygen atoms in total. The minimum atomic E-state index is -0.0735. The molecule has 1 heterocycles. The Labute approximate surface area is 130 Å². The van der Waals surface area contributed by atoms with Crippen molar-refractivity contribution < 1.29 is 13.9 Å². The lowest BCUT2D eigenvalue weighted by Gasteiger charge is -2.09. The second-order valence-electron chi connectivity index (χ2n) is 5.31. The van der Waals surface area contributed by atoms with E-state index >= 15 is 0 Å². The van der Waals surface area contributed by atoms with Crippen molar-refractivity contribution in [2.45, 2.75) is 26.1 Å². The molecule has 5 heteroatoms. The van der Waals surface area contributed by atoms with Gasteiger partial charge in [-0.2, -0.15) is 12.6 Å². The van der Waals surface area contributed by atoms with Crippen LogP contribution in [0.15, 0.2) is 28.7 Å². The molecule has 0 aliphatic rings. The van der Waals surface area contributed by atoms with Gasteiger partial charge in [0.25, 0.3) is 0 Å². The number of ketones is 1. The first-order valence-corrected chi connectivity index (χ1v) is 7.61. The van der Waals surface area contributed by atoms with E-state index in [0.29, 0.717) is 18.0 Å². The topological polar surface area (TPSA) is 51.5 Å². The van der Waals surface area contributed by atoms with E-state index in [1.165, 1.54) is 0 Å². The number of carbonyl (C=O) groups is 1. The molecule has 2 rings (SSSR count). The molecule has 0 aliphatic carbocycles. The first kappa shape index (κ1) is 15.9. The number of Topliss-reactive ketones (excluding diaryl/α,β-unsaturated/α-hetero) is 1. The summed E-state index contributed by atoms with van der Waals surface area (Å²) in [5.74, 6) is 1.11. The number of carbonyl (C=O) groups excluding carboxylic acids is 1. The third-order valence-corrected chi connectivity index (χ3v) is 3.25. The Morgan fingerprint density at radius 3 is 2.76 bits per heavy atom. The van der Waals surface area contributed by atoms with Gasteiger partial charge in [-0.05, 0) is 31.2 Å². The van der Waals surface area contributed by atoms with Crippen molar-refractivity contribution in [3.8, 4) is 5.75 Å². The van der Waals surface area contributed by atoms with Crippen LogP contribution in [0.4, 0.5) is 0 Å². The zero-order chi connectivity index (χ0) is 15.4. The molecule has 1 aromatic heterocycles. The van der Waals surface area contributed by atoms with Crippen molar-refractivity contribution in [1.29, 1.82) is 0 Å². The largest absolute Gasteiger partial charge is 0.492 e. The predicted molar refractivity (Wildman–Crippen MR) is 87.3 cm³/mol. The highest BCUT2D eigenvalue weighted by Gasteiger charge is 2.15. The van der Waals surface area contributed by atoms with Crippen LogP contribution in [0.25, 0.3) is 11.0 Å². The Kier molecular flexibility index (Phi) is 5.31. The first-order chi connectivity index (χ1) is 9.97. The van der Waals surface area contributed by atoms with Crippen LogP contribution in [0.5, 0.6) is 5.75 Å². The van der Waals surface area contributed by atoms with Gasteiger partial charge in [0.15, 0.2) is 5.76 Å². The number of furan rings is 1. The van der Waals surface area contributed by atoms with Gasteiger partial charge in [-0.1, -0.05) is 13.8 Å². The highest BCUT2D eigenvalue weighted by atomic mass is 32.1. The van der Waals surface area contributed by atoms with E-state index in [0.717, 1.165) is 17.7 Å². The minimum Gasteiger partial charge on any atom is -0.492 e. The van der Waals surface area contributed by atoms with E-state index in [1.807, 2.05) is 39.0 Å². The van der Waals surface area contributed by atoms with Crippen LogP contribution in [0.1, 0.15) is 31.3 Å². The Hall–Kier alpha value is -1.46. The molecule has 114 valence electrons. The zero-order valence-corrected chi connectivity index (χ0v) is 13.4. The van der Waals surface area contributed by atoms with Crippen LogP contribution < -0.4 is 10.1 Å². The van der Waals surface area contributed by atoms with Gasteiger partial charge in [0.2, 0.25) is 5.78 Å². The summed E-state index contributed by atoms with van der Waals surface area (Å²) in [5.41, 5.74) is 0.702.